The van der Waals surface area contributed by atoms with Gasteiger partial charge in [0.15, 0.2) is 6.23 Å². The maximum atomic E-state index is 11.9. The zero-order valence-corrected chi connectivity index (χ0v) is 8.91. The number of aliphatic carboxylic acids is 1. The number of aliphatic hydroxyl groups excluding tert-OH is 1. The first-order valence-electron chi connectivity index (χ1n) is 5.08. The van der Waals surface area contributed by atoms with Crippen LogP contribution in [0.1, 0.15) is 22.1 Å². The topological polar surface area (TPSA) is 104 Å². The number of hydrogen-bond acceptors (Lipinski definition) is 4. The van der Waals surface area contributed by atoms with Crippen molar-refractivity contribution in [2.45, 2.75) is 12.3 Å². The fourth-order valence-corrected chi connectivity index (χ4v) is 1.82. The van der Waals surface area contributed by atoms with Gasteiger partial charge in [-0.15, -0.1) is 0 Å². The van der Waals surface area contributed by atoms with Crippen LogP contribution in [0.5, 0.6) is 0 Å². The van der Waals surface area contributed by atoms with Crippen molar-refractivity contribution in [3.05, 3.63) is 35.4 Å². The van der Waals surface area contributed by atoms with Crippen LogP contribution in [0.25, 0.3) is 0 Å². The summed E-state index contributed by atoms with van der Waals surface area (Å²) in [7, 11) is 0. The first kappa shape index (κ1) is 11.6. The van der Waals surface area contributed by atoms with Crippen LogP contribution in [0.15, 0.2) is 24.3 Å². The van der Waals surface area contributed by atoms with Crippen LogP contribution in [-0.4, -0.2) is 39.6 Å². The highest BCUT2D eigenvalue weighted by molar-refractivity contribution is 5.99. The standard InChI is InChI=1S/C11H12N2O4/c12-8(11(16)17)5-13-9(14)6-3-1-2-4-7(6)10(13)15/h1-4,8-9,14H,5,12H2,(H,16,17). The minimum atomic E-state index is -1.21. The van der Waals surface area contributed by atoms with Gasteiger partial charge in [0.2, 0.25) is 0 Å². The smallest absolute Gasteiger partial charge is 0.322 e. The van der Waals surface area contributed by atoms with Crippen LogP contribution in [0.3, 0.4) is 0 Å². The molecule has 4 N–H and O–H groups in total. The van der Waals surface area contributed by atoms with Crippen molar-refractivity contribution in [2.24, 2.45) is 5.73 Å². The van der Waals surface area contributed by atoms with E-state index in [1.54, 1.807) is 24.3 Å². The van der Waals surface area contributed by atoms with Crippen molar-refractivity contribution in [2.75, 3.05) is 6.54 Å². The number of carbonyl (C=O) groups is 2. The molecule has 17 heavy (non-hydrogen) atoms. The maximum Gasteiger partial charge on any atom is 0.322 e. The summed E-state index contributed by atoms with van der Waals surface area (Å²) >= 11 is 0. The first-order valence-corrected chi connectivity index (χ1v) is 5.08. The maximum absolute atomic E-state index is 11.9. The summed E-state index contributed by atoms with van der Waals surface area (Å²) in [6.45, 7) is -0.218. The molecule has 6 nitrogen and oxygen atoms in total. The van der Waals surface area contributed by atoms with E-state index in [4.69, 9.17) is 10.8 Å². The van der Waals surface area contributed by atoms with Crippen molar-refractivity contribution in [3.8, 4) is 0 Å². The van der Waals surface area contributed by atoms with E-state index < -0.39 is 24.1 Å². The third-order valence-corrected chi connectivity index (χ3v) is 2.74. The van der Waals surface area contributed by atoms with E-state index in [0.29, 0.717) is 11.1 Å². The molecule has 2 rings (SSSR count). The fourth-order valence-electron chi connectivity index (χ4n) is 1.82. The summed E-state index contributed by atoms with van der Waals surface area (Å²) in [4.78, 5) is 23.6. The monoisotopic (exact) mass is 236 g/mol. The van der Waals surface area contributed by atoms with Gasteiger partial charge >= 0.3 is 5.97 Å². The number of carboxylic acids is 1. The minimum absolute atomic E-state index is 0.218. The van der Waals surface area contributed by atoms with E-state index in [9.17, 15) is 14.7 Å². The quantitative estimate of drug-likeness (QED) is 0.659. The number of aliphatic hydroxyl groups is 1. The summed E-state index contributed by atoms with van der Waals surface area (Å²) in [5.41, 5.74) is 6.22. The lowest BCUT2D eigenvalue weighted by Gasteiger charge is -2.22. The highest BCUT2D eigenvalue weighted by atomic mass is 16.4. The molecule has 0 radical (unpaired) electrons. The number of nitrogens with zero attached hydrogens (tertiary/aromatic N) is 1. The Balaban J connectivity index is 2.24. The van der Waals surface area contributed by atoms with E-state index >= 15 is 0 Å². The van der Waals surface area contributed by atoms with E-state index in [1.807, 2.05) is 0 Å². The molecule has 0 fully saturated rings. The Kier molecular flexibility index (Phi) is 2.83. The molecule has 1 amide bonds. The van der Waals surface area contributed by atoms with Crippen molar-refractivity contribution in [1.82, 2.24) is 4.90 Å². The van der Waals surface area contributed by atoms with Crippen LogP contribution in [-0.2, 0) is 4.79 Å². The van der Waals surface area contributed by atoms with Crippen molar-refractivity contribution in [1.29, 1.82) is 0 Å². The Labute approximate surface area is 97.3 Å². The number of benzene rings is 1. The van der Waals surface area contributed by atoms with Crippen molar-refractivity contribution < 1.29 is 19.8 Å². The Morgan fingerprint density at radius 3 is 2.71 bits per heavy atom. The number of carbonyl (C=O) groups excluding carboxylic acids is 1. The zero-order valence-electron chi connectivity index (χ0n) is 8.91. The zero-order chi connectivity index (χ0) is 12.6. The SMILES string of the molecule is NC(CN1C(=O)c2ccccc2C1O)C(=O)O. The van der Waals surface area contributed by atoms with Gasteiger partial charge in [-0.3, -0.25) is 9.59 Å². The lowest BCUT2D eigenvalue weighted by molar-refractivity contribution is -0.139. The molecule has 0 bridgehead atoms. The molecule has 2 atom stereocenters. The van der Waals surface area contributed by atoms with Gasteiger partial charge in [-0.25, -0.2) is 0 Å². The Morgan fingerprint density at radius 1 is 1.47 bits per heavy atom. The van der Waals surface area contributed by atoms with Gasteiger partial charge in [0.25, 0.3) is 5.91 Å². The van der Waals surface area contributed by atoms with Crippen molar-refractivity contribution in [3.63, 3.8) is 0 Å². The second kappa shape index (κ2) is 4.15. The molecule has 1 aromatic rings. The molecule has 90 valence electrons. The molecule has 1 aliphatic heterocycles. The van der Waals surface area contributed by atoms with Crippen LogP contribution in [0.2, 0.25) is 0 Å². The molecule has 0 aromatic heterocycles. The molecule has 0 saturated heterocycles. The molecular weight excluding hydrogens is 224 g/mol. The molecule has 0 saturated carbocycles. The molecular formula is C11H12N2O4. The minimum Gasteiger partial charge on any atom is -0.480 e. The van der Waals surface area contributed by atoms with Crippen LogP contribution in [0, 0.1) is 0 Å². The van der Waals surface area contributed by atoms with E-state index in [-0.39, 0.29) is 6.54 Å². The average molecular weight is 236 g/mol. The molecule has 1 aliphatic rings. The summed E-state index contributed by atoms with van der Waals surface area (Å²) in [6, 6.07) is 5.40. The molecule has 0 aliphatic carbocycles. The summed E-state index contributed by atoms with van der Waals surface area (Å²) in [6.07, 6.45) is -1.12. The molecule has 1 heterocycles. The lowest BCUT2D eigenvalue weighted by Crippen LogP contribution is -2.44. The van der Waals surface area contributed by atoms with E-state index in [0.717, 1.165) is 4.90 Å². The normalized spacial score (nSPS) is 20.2. The lowest BCUT2D eigenvalue weighted by atomic mass is 10.1. The predicted octanol–water partition coefficient (Wildman–Crippen LogP) is -0.455. The number of nitrogens with two attached hydrogens (primary N) is 1. The van der Waals surface area contributed by atoms with Crippen LogP contribution in [0.4, 0.5) is 0 Å². The second-order valence-corrected chi connectivity index (χ2v) is 3.86. The van der Waals surface area contributed by atoms with Gasteiger partial charge in [-0.1, -0.05) is 18.2 Å². The second-order valence-electron chi connectivity index (χ2n) is 3.86. The molecule has 2 unspecified atom stereocenters. The average Bonchev–Trinajstić information content (AvgIpc) is 2.55. The van der Waals surface area contributed by atoms with Gasteiger partial charge in [0.05, 0.1) is 0 Å². The highest BCUT2D eigenvalue weighted by Crippen LogP contribution is 2.30. The van der Waals surface area contributed by atoms with Crippen molar-refractivity contribution >= 4 is 11.9 Å². The molecule has 6 heteroatoms. The number of fused-ring (bicyclic) bond motifs is 1. The van der Waals surface area contributed by atoms with Crippen LogP contribution < -0.4 is 5.73 Å². The third kappa shape index (κ3) is 1.88. The van der Waals surface area contributed by atoms with Gasteiger partial charge in [0.1, 0.15) is 6.04 Å². The number of hydrogen-bond donors (Lipinski definition) is 3. The van der Waals surface area contributed by atoms with Gasteiger partial charge < -0.3 is 20.8 Å². The highest BCUT2D eigenvalue weighted by Gasteiger charge is 2.36. The van der Waals surface area contributed by atoms with E-state index in [1.165, 1.54) is 0 Å². The third-order valence-electron chi connectivity index (χ3n) is 2.74. The Bertz CT molecular complexity index is 474. The predicted molar refractivity (Wildman–Crippen MR) is 58.0 cm³/mol. The fraction of sp³-hybridized carbons (Fsp3) is 0.273. The number of rotatable bonds is 3. The van der Waals surface area contributed by atoms with Gasteiger partial charge in [0, 0.05) is 17.7 Å². The van der Waals surface area contributed by atoms with E-state index in [2.05, 4.69) is 0 Å². The van der Waals surface area contributed by atoms with Crippen LogP contribution >= 0.6 is 0 Å². The number of amides is 1. The molecule has 0 spiro atoms. The summed E-state index contributed by atoms with van der Waals surface area (Å²) in [5, 5.41) is 18.6. The number of carboxylic acid groups (broad SMARTS) is 1. The Morgan fingerprint density at radius 2 is 2.12 bits per heavy atom. The van der Waals surface area contributed by atoms with Gasteiger partial charge in [-0.05, 0) is 6.07 Å². The Hall–Kier alpha value is -1.92. The largest absolute Gasteiger partial charge is 0.480 e. The van der Waals surface area contributed by atoms with Gasteiger partial charge in [-0.2, -0.15) is 0 Å². The molecule has 1 aromatic carbocycles. The summed E-state index contributed by atoms with van der Waals surface area (Å²) < 4.78 is 0. The summed E-state index contributed by atoms with van der Waals surface area (Å²) in [5.74, 6) is -1.61. The first-order chi connectivity index (χ1) is 8.02.